The fourth-order valence-electron chi connectivity index (χ4n) is 1.95. The molecule has 0 aromatic heterocycles. The van der Waals surface area contributed by atoms with Crippen molar-refractivity contribution in [2.75, 3.05) is 20.3 Å². The molecule has 0 saturated carbocycles. The van der Waals surface area contributed by atoms with E-state index in [0.29, 0.717) is 18.7 Å². The Bertz CT molecular complexity index is 501. The predicted octanol–water partition coefficient (Wildman–Crippen LogP) is 2.14. The van der Waals surface area contributed by atoms with Crippen LogP contribution < -0.4 is 14.8 Å². The zero-order valence-electron chi connectivity index (χ0n) is 13.1. The van der Waals surface area contributed by atoms with Gasteiger partial charge in [-0.15, -0.1) is 0 Å². The maximum absolute atomic E-state index is 11.6. The van der Waals surface area contributed by atoms with Crippen molar-refractivity contribution in [3.05, 3.63) is 23.8 Å². The Hall–Kier alpha value is -2.24. The first kappa shape index (κ1) is 17.8. The van der Waals surface area contributed by atoms with E-state index in [0.717, 1.165) is 24.2 Å². The standard InChI is InChI=1S/C16H23NO5/c1-12-10-13(7-8-14(12)21-2)22-11-15(18)17-9-5-3-4-6-16(19)20/h7-8,10H,3-6,9,11H2,1-2H3,(H,17,18)(H,19,20). The summed E-state index contributed by atoms with van der Waals surface area (Å²) in [7, 11) is 1.60. The monoisotopic (exact) mass is 309 g/mol. The number of nitrogens with one attached hydrogen (secondary N) is 1. The van der Waals surface area contributed by atoms with Crippen molar-refractivity contribution in [1.82, 2.24) is 5.32 Å². The van der Waals surface area contributed by atoms with E-state index in [1.165, 1.54) is 0 Å². The van der Waals surface area contributed by atoms with Gasteiger partial charge >= 0.3 is 5.97 Å². The molecule has 0 aliphatic rings. The Morgan fingerprint density at radius 2 is 2.00 bits per heavy atom. The minimum atomic E-state index is -0.785. The van der Waals surface area contributed by atoms with E-state index in [1.54, 1.807) is 19.2 Å². The molecule has 0 unspecified atom stereocenters. The Balaban J connectivity index is 2.18. The van der Waals surface area contributed by atoms with E-state index >= 15 is 0 Å². The smallest absolute Gasteiger partial charge is 0.303 e. The lowest BCUT2D eigenvalue weighted by Crippen LogP contribution is -2.29. The number of ether oxygens (including phenoxy) is 2. The van der Waals surface area contributed by atoms with Gasteiger partial charge in [-0.1, -0.05) is 6.42 Å². The van der Waals surface area contributed by atoms with Gasteiger partial charge in [-0.25, -0.2) is 0 Å². The summed E-state index contributed by atoms with van der Waals surface area (Å²) in [6.07, 6.45) is 2.35. The SMILES string of the molecule is COc1ccc(OCC(=O)NCCCCCC(=O)O)cc1C. The molecule has 6 nitrogen and oxygen atoms in total. The number of carboxylic acid groups (broad SMARTS) is 1. The highest BCUT2D eigenvalue weighted by atomic mass is 16.5. The summed E-state index contributed by atoms with van der Waals surface area (Å²) in [5.41, 5.74) is 0.943. The van der Waals surface area contributed by atoms with E-state index in [-0.39, 0.29) is 18.9 Å². The third-order valence-corrected chi connectivity index (χ3v) is 3.13. The van der Waals surface area contributed by atoms with Crippen molar-refractivity contribution >= 4 is 11.9 Å². The maximum atomic E-state index is 11.6. The fraction of sp³-hybridized carbons (Fsp3) is 0.500. The maximum Gasteiger partial charge on any atom is 0.303 e. The first-order valence-corrected chi connectivity index (χ1v) is 7.29. The van der Waals surface area contributed by atoms with Crippen LogP contribution in [0.1, 0.15) is 31.2 Å². The molecule has 1 aromatic carbocycles. The van der Waals surface area contributed by atoms with Gasteiger partial charge in [0.25, 0.3) is 5.91 Å². The summed E-state index contributed by atoms with van der Waals surface area (Å²) >= 11 is 0. The molecule has 2 N–H and O–H groups in total. The van der Waals surface area contributed by atoms with E-state index < -0.39 is 5.97 Å². The second kappa shape index (κ2) is 9.65. The average Bonchev–Trinajstić information content (AvgIpc) is 2.48. The molecule has 0 heterocycles. The van der Waals surface area contributed by atoms with Crippen LogP contribution in [0.25, 0.3) is 0 Å². The molecule has 0 atom stereocenters. The second-order valence-electron chi connectivity index (χ2n) is 4.97. The lowest BCUT2D eigenvalue weighted by atomic mass is 10.2. The third kappa shape index (κ3) is 6.97. The Morgan fingerprint density at radius 1 is 1.23 bits per heavy atom. The van der Waals surface area contributed by atoms with Crippen LogP contribution in [-0.4, -0.2) is 37.2 Å². The molecule has 0 bridgehead atoms. The zero-order valence-corrected chi connectivity index (χ0v) is 13.1. The van der Waals surface area contributed by atoms with Crippen LogP contribution in [0.3, 0.4) is 0 Å². The number of carboxylic acids is 1. The molecule has 0 fully saturated rings. The third-order valence-electron chi connectivity index (χ3n) is 3.13. The van der Waals surface area contributed by atoms with Gasteiger partial charge in [0.2, 0.25) is 0 Å². The molecule has 0 radical (unpaired) electrons. The molecular weight excluding hydrogens is 286 g/mol. The van der Waals surface area contributed by atoms with Crippen LogP contribution in [-0.2, 0) is 9.59 Å². The molecule has 0 spiro atoms. The summed E-state index contributed by atoms with van der Waals surface area (Å²) in [6, 6.07) is 5.37. The van der Waals surface area contributed by atoms with Crippen LogP contribution in [0.15, 0.2) is 18.2 Å². The molecule has 0 aliphatic heterocycles. The first-order chi connectivity index (χ1) is 10.5. The Morgan fingerprint density at radius 3 is 2.64 bits per heavy atom. The van der Waals surface area contributed by atoms with Crippen molar-refractivity contribution in [3.63, 3.8) is 0 Å². The van der Waals surface area contributed by atoms with Crippen LogP contribution in [0.4, 0.5) is 0 Å². The van der Waals surface area contributed by atoms with E-state index in [1.807, 2.05) is 13.0 Å². The molecule has 6 heteroatoms. The van der Waals surface area contributed by atoms with Crippen molar-refractivity contribution in [2.45, 2.75) is 32.6 Å². The number of aryl methyl sites for hydroxylation is 1. The molecule has 22 heavy (non-hydrogen) atoms. The molecule has 122 valence electrons. The van der Waals surface area contributed by atoms with Crippen molar-refractivity contribution in [1.29, 1.82) is 0 Å². The summed E-state index contributed by atoms with van der Waals surface area (Å²) in [4.78, 5) is 21.9. The van der Waals surface area contributed by atoms with Crippen molar-refractivity contribution in [3.8, 4) is 11.5 Å². The highest BCUT2D eigenvalue weighted by Crippen LogP contribution is 2.22. The number of amides is 1. The largest absolute Gasteiger partial charge is 0.496 e. The minimum Gasteiger partial charge on any atom is -0.496 e. The normalized spacial score (nSPS) is 10.1. The van der Waals surface area contributed by atoms with Gasteiger partial charge in [0, 0.05) is 13.0 Å². The number of methoxy groups -OCH3 is 1. The number of aliphatic carboxylic acids is 1. The number of carbonyl (C=O) groups is 2. The number of hydrogen-bond acceptors (Lipinski definition) is 4. The van der Waals surface area contributed by atoms with Crippen LogP contribution >= 0.6 is 0 Å². The number of hydrogen-bond donors (Lipinski definition) is 2. The number of carbonyl (C=O) groups excluding carboxylic acids is 1. The van der Waals surface area contributed by atoms with Crippen LogP contribution in [0.2, 0.25) is 0 Å². The van der Waals surface area contributed by atoms with Gasteiger partial charge < -0.3 is 19.9 Å². The highest BCUT2D eigenvalue weighted by Gasteiger charge is 2.05. The quantitative estimate of drug-likeness (QED) is 0.647. The summed E-state index contributed by atoms with van der Waals surface area (Å²) in [5.74, 6) is 0.423. The van der Waals surface area contributed by atoms with Crippen molar-refractivity contribution < 1.29 is 24.2 Å². The lowest BCUT2D eigenvalue weighted by Gasteiger charge is -2.09. The topological polar surface area (TPSA) is 84.9 Å². The van der Waals surface area contributed by atoms with Gasteiger partial charge in [-0.2, -0.15) is 0 Å². The number of unbranched alkanes of at least 4 members (excludes halogenated alkanes) is 2. The van der Waals surface area contributed by atoms with Gasteiger partial charge in [0.05, 0.1) is 7.11 Å². The molecule has 0 aliphatic carbocycles. The van der Waals surface area contributed by atoms with E-state index in [2.05, 4.69) is 5.32 Å². The second-order valence-corrected chi connectivity index (χ2v) is 4.97. The molecule has 1 aromatic rings. The summed E-state index contributed by atoms with van der Waals surface area (Å²) < 4.78 is 10.6. The van der Waals surface area contributed by atoms with E-state index in [9.17, 15) is 9.59 Å². The molecule has 1 amide bonds. The van der Waals surface area contributed by atoms with Gasteiger partial charge in [-0.05, 0) is 43.5 Å². The number of benzene rings is 1. The van der Waals surface area contributed by atoms with Gasteiger partial charge in [0.1, 0.15) is 11.5 Å². The minimum absolute atomic E-state index is 0.0408. The molecule has 1 rings (SSSR count). The molecule has 0 saturated heterocycles. The predicted molar refractivity (Wildman–Crippen MR) is 82.3 cm³/mol. The summed E-state index contributed by atoms with van der Waals surface area (Å²) in [5, 5.41) is 11.2. The number of rotatable bonds is 10. The van der Waals surface area contributed by atoms with Gasteiger partial charge in [-0.3, -0.25) is 9.59 Å². The average molecular weight is 309 g/mol. The zero-order chi connectivity index (χ0) is 16.4. The van der Waals surface area contributed by atoms with E-state index in [4.69, 9.17) is 14.6 Å². The lowest BCUT2D eigenvalue weighted by molar-refractivity contribution is -0.137. The summed E-state index contributed by atoms with van der Waals surface area (Å²) in [6.45, 7) is 2.40. The van der Waals surface area contributed by atoms with Gasteiger partial charge in [0.15, 0.2) is 6.61 Å². The molecular formula is C16H23NO5. The fourth-order valence-corrected chi connectivity index (χ4v) is 1.95. The van der Waals surface area contributed by atoms with Crippen molar-refractivity contribution in [2.24, 2.45) is 0 Å². The van der Waals surface area contributed by atoms with Crippen LogP contribution in [0.5, 0.6) is 11.5 Å². The first-order valence-electron chi connectivity index (χ1n) is 7.29. The Labute approximate surface area is 130 Å². The van der Waals surface area contributed by atoms with Crippen LogP contribution in [0, 0.1) is 6.92 Å². The highest BCUT2D eigenvalue weighted by molar-refractivity contribution is 5.77. The Kier molecular flexibility index (Phi) is 7.81.